The molecule has 4 heteroatoms. The third kappa shape index (κ3) is 3.43. The van der Waals surface area contributed by atoms with Crippen molar-refractivity contribution in [2.75, 3.05) is 7.11 Å². The van der Waals surface area contributed by atoms with Crippen LogP contribution in [0.15, 0.2) is 47.1 Å². The summed E-state index contributed by atoms with van der Waals surface area (Å²) in [6.45, 7) is 4.62. The summed E-state index contributed by atoms with van der Waals surface area (Å²) in [4.78, 5) is 12.2. The van der Waals surface area contributed by atoms with Gasteiger partial charge < -0.3 is 14.5 Å². The highest BCUT2D eigenvalue weighted by Gasteiger charge is 2.11. The van der Waals surface area contributed by atoms with Gasteiger partial charge in [-0.2, -0.15) is 0 Å². The lowest BCUT2D eigenvalue weighted by Gasteiger charge is -2.06. The Bertz CT molecular complexity index is 862. The number of amides is 1. The largest absolute Gasteiger partial charge is 0.497 e. The second-order valence-corrected chi connectivity index (χ2v) is 6.00. The van der Waals surface area contributed by atoms with Gasteiger partial charge in [-0.1, -0.05) is 12.1 Å². The van der Waals surface area contributed by atoms with Crippen molar-refractivity contribution in [3.63, 3.8) is 0 Å². The van der Waals surface area contributed by atoms with E-state index in [1.54, 1.807) is 13.4 Å². The summed E-state index contributed by atoms with van der Waals surface area (Å²) in [5.74, 6) is 0.785. The molecule has 3 rings (SSSR count). The molecule has 4 nitrogen and oxygen atoms in total. The van der Waals surface area contributed by atoms with Gasteiger partial charge in [0.25, 0.3) is 0 Å². The minimum atomic E-state index is -0.0215. The van der Waals surface area contributed by atoms with Crippen LogP contribution in [0, 0.1) is 13.8 Å². The highest BCUT2D eigenvalue weighted by Crippen LogP contribution is 2.25. The number of nitrogens with one attached hydrogen (secondary N) is 1. The highest BCUT2D eigenvalue weighted by molar-refractivity contribution is 5.88. The maximum atomic E-state index is 12.2. The normalized spacial score (nSPS) is 10.8. The van der Waals surface area contributed by atoms with E-state index in [9.17, 15) is 4.79 Å². The molecule has 0 bridgehead atoms. The molecular weight excluding hydrogens is 302 g/mol. The molecule has 124 valence electrons. The zero-order valence-electron chi connectivity index (χ0n) is 14.2. The van der Waals surface area contributed by atoms with E-state index in [0.29, 0.717) is 13.0 Å². The van der Waals surface area contributed by atoms with Crippen LogP contribution < -0.4 is 10.1 Å². The van der Waals surface area contributed by atoms with E-state index in [-0.39, 0.29) is 5.91 Å². The molecule has 0 aliphatic heterocycles. The van der Waals surface area contributed by atoms with E-state index >= 15 is 0 Å². The van der Waals surface area contributed by atoms with Crippen molar-refractivity contribution < 1.29 is 13.9 Å². The van der Waals surface area contributed by atoms with E-state index in [1.807, 2.05) is 30.3 Å². The molecule has 24 heavy (non-hydrogen) atoms. The number of hydrogen-bond acceptors (Lipinski definition) is 3. The molecule has 0 unspecified atom stereocenters. The molecule has 0 spiro atoms. The number of furan rings is 1. The average Bonchev–Trinajstić information content (AvgIpc) is 2.95. The Morgan fingerprint density at radius 3 is 2.54 bits per heavy atom. The molecule has 0 aliphatic carbocycles. The fraction of sp³-hybridized carbons (Fsp3) is 0.250. The number of methoxy groups -OCH3 is 1. The fourth-order valence-corrected chi connectivity index (χ4v) is 2.65. The Hall–Kier alpha value is -2.75. The standard InChI is InChI=1S/C20H21NO3/c1-13-8-18-16(12-24-19(18)9-14(13)2)10-20(22)21-11-15-4-6-17(23-3)7-5-15/h4-9,12H,10-11H2,1-3H3,(H,21,22). The van der Waals surface area contributed by atoms with Crippen LogP contribution in [0.3, 0.4) is 0 Å². The summed E-state index contributed by atoms with van der Waals surface area (Å²) in [5.41, 5.74) is 5.17. The van der Waals surface area contributed by atoms with Gasteiger partial charge >= 0.3 is 0 Å². The van der Waals surface area contributed by atoms with Gasteiger partial charge in [-0.15, -0.1) is 0 Å². The van der Waals surface area contributed by atoms with Gasteiger partial charge in [0.2, 0.25) is 5.91 Å². The molecule has 1 N–H and O–H groups in total. The molecule has 1 amide bonds. The minimum absolute atomic E-state index is 0.0215. The van der Waals surface area contributed by atoms with Gasteiger partial charge in [0.1, 0.15) is 11.3 Å². The summed E-state index contributed by atoms with van der Waals surface area (Å²) >= 11 is 0. The maximum Gasteiger partial charge on any atom is 0.224 e. The summed E-state index contributed by atoms with van der Waals surface area (Å²) in [6, 6.07) is 11.8. The number of benzene rings is 2. The Morgan fingerprint density at radius 1 is 1.12 bits per heavy atom. The number of aryl methyl sites for hydroxylation is 2. The quantitative estimate of drug-likeness (QED) is 0.774. The first kappa shape index (κ1) is 16.1. The van der Waals surface area contributed by atoms with Crippen LogP contribution in [0.5, 0.6) is 5.75 Å². The molecule has 3 aromatic rings. The third-order valence-corrected chi connectivity index (χ3v) is 4.27. The molecule has 1 heterocycles. The van der Waals surface area contributed by atoms with Crippen LogP contribution in [-0.4, -0.2) is 13.0 Å². The molecule has 0 radical (unpaired) electrons. The van der Waals surface area contributed by atoms with Crippen LogP contribution in [0.1, 0.15) is 22.3 Å². The van der Waals surface area contributed by atoms with Gasteiger partial charge in [0.05, 0.1) is 19.8 Å². The Labute approximate surface area is 141 Å². The van der Waals surface area contributed by atoms with Crippen molar-refractivity contribution in [3.8, 4) is 5.75 Å². The second-order valence-electron chi connectivity index (χ2n) is 6.00. The first-order chi connectivity index (χ1) is 11.6. The molecule has 0 atom stereocenters. The van der Waals surface area contributed by atoms with Crippen molar-refractivity contribution in [2.45, 2.75) is 26.8 Å². The van der Waals surface area contributed by atoms with Gasteiger partial charge in [-0.3, -0.25) is 4.79 Å². The number of hydrogen-bond donors (Lipinski definition) is 1. The van der Waals surface area contributed by atoms with E-state index in [0.717, 1.165) is 27.8 Å². The molecular formula is C20H21NO3. The van der Waals surface area contributed by atoms with Crippen LogP contribution in [-0.2, 0) is 17.8 Å². The molecule has 0 saturated carbocycles. The van der Waals surface area contributed by atoms with Gasteiger partial charge in [-0.05, 0) is 54.8 Å². The van der Waals surface area contributed by atoms with E-state index in [4.69, 9.17) is 9.15 Å². The topological polar surface area (TPSA) is 51.5 Å². The minimum Gasteiger partial charge on any atom is -0.497 e. The van der Waals surface area contributed by atoms with Crippen molar-refractivity contribution in [1.82, 2.24) is 5.32 Å². The lowest BCUT2D eigenvalue weighted by molar-refractivity contribution is -0.120. The predicted molar refractivity (Wildman–Crippen MR) is 94.2 cm³/mol. The lowest BCUT2D eigenvalue weighted by atomic mass is 10.0. The zero-order valence-corrected chi connectivity index (χ0v) is 14.2. The summed E-state index contributed by atoms with van der Waals surface area (Å²) in [7, 11) is 1.63. The van der Waals surface area contributed by atoms with Crippen molar-refractivity contribution >= 4 is 16.9 Å². The highest BCUT2D eigenvalue weighted by atomic mass is 16.5. The lowest BCUT2D eigenvalue weighted by Crippen LogP contribution is -2.24. The van der Waals surface area contributed by atoms with Crippen molar-refractivity contribution in [3.05, 3.63) is 64.9 Å². The van der Waals surface area contributed by atoms with E-state index in [2.05, 4.69) is 25.2 Å². The average molecular weight is 323 g/mol. The smallest absolute Gasteiger partial charge is 0.224 e. The van der Waals surface area contributed by atoms with Crippen molar-refractivity contribution in [1.29, 1.82) is 0 Å². The number of rotatable bonds is 5. The zero-order chi connectivity index (χ0) is 17.1. The molecule has 0 saturated heterocycles. The number of ether oxygens (including phenoxy) is 1. The van der Waals surface area contributed by atoms with Gasteiger partial charge in [0.15, 0.2) is 0 Å². The SMILES string of the molecule is COc1ccc(CNC(=O)Cc2coc3cc(C)c(C)cc23)cc1. The van der Waals surface area contributed by atoms with Crippen LogP contribution in [0.2, 0.25) is 0 Å². The fourth-order valence-electron chi connectivity index (χ4n) is 2.65. The van der Waals surface area contributed by atoms with E-state index < -0.39 is 0 Å². The molecule has 2 aromatic carbocycles. The first-order valence-corrected chi connectivity index (χ1v) is 7.94. The maximum absolute atomic E-state index is 12.2. The summed E-state index contributed by atoms with van der Waals surface area (Å²) in [5, 5.41) is 3.96. The predicted octanol–water partition coefficient (Wildman–Crippen LogP) is 3.92. The Balaban J connectivity index is 1.65. The third-order valence-electron chi connectivity index (χ3n) is 4.27. The van der Waals surface area contributed by atoms with E-state index in [1.165, 1.54) is 11.1 Å². The first-order valence-electron chi connectivity index (χ1n) is 7.94. The number of carbonyl (C=O) groups excluding carboxylic acids is 1. The number of fused-ring (bicyclic) bond motifs is 1. The number of carbonyl (C=O) groups is 1. The monoisotopic (exact) mass is 323 g/mol. The van der Waals surface area contributed by atoms with Gasteiger partial charge in [0, 0.05) is 17.5 Å². The van der Waals surface area contributed by atoms with Gasteiger partial charge in [-0.25, -0.2) is 0 Å². The second kappa shape index (κ2) is 6.79. The van der Waals surface area contributed by atoms with Crippen LogP contribution in [0.25, 0.3) is 11.0 Å². The molecule has 0 fully saturated rings. The summed E-state index contributed by atoms with van der Waals surface area (Å²) in [6.07, 6.45) is 1.99. The Kier molecular flexibility index (Phi) is 4.56. The molecule has 0 aliphatic rings. The Morgan fingerprint density at radius 2 is 1.83 bits per heavy atom. The van der Waals surface area contributed by atoms with Crippen LogP contribution >= 0.6 is 0 Å². The summed E-state index contributed by atoms with van der Waals surface area (Å²) < 4.78 is 10.7. The van der Waals surface area contributed by atoms with Crippen LogP contribution in [0.4, 0.5) is 0 Å². The molecule has 1 aromatic heterocycles. The van der Waals surface area contributed by atoms with Crippen molar-refractivity contribution in [2.24, 2.45) is 0 Å².